The first-order valence-electron chi connectivity index (χ1n) is 4.77. The van der Waals surface area contributed by atoms with Crippen molar-refractivity contribution in [1.29, 1.82) is 0 Å². The third-order valence-corrected chi connectivity index (χ3v) is 2.36. The maximum absolute atomic E-state index is 13.7. The van der Waals surface area contributed by atoms with E-state index in [0.29, 0.717) is 6.29 Å². The Labute approximate surface area is 93.2 Å². The Morgan fingerprint density at radius 1 is 1.44 bits per heavy atom. The summed E-state index contributed by atoms with van der Waals surface area (Å²) in [7, 11) is 1.21. The van der Waals surface area contributed by atoms with Crippen molar-refractivity contribution >= 4 is 12.3 Å². The molecule has 0 heterocycles. The molecule has 86 valence electrons. The minimum absolute atomic E-state index is 0.0665. The molecule has 0 N–H and O–H groups in total. The van der Waals surface area contributed by atoms with Crippen LogP contribution in [0.1, 0.15) is 29.8 Å². The van der Waals surface area contributed by atoms with Crippen molar-refractivity contribution in [1.82, 2.24) is 0 Å². The molecule has 3 nitrogen and oxygen atoms in total. The molecule has 1 aromatic carbocycles. The molecule has 0 aliphatic rings. The fourth-order valence-corrected chi connectivity index (χ4v) is 1.52. The SMILES string of the molecule is COC(=O)c1cccc(F)c1C(C)(C)C=O. The fourth-order valence-electron chi connectivity index (χ4n) is 1.52. The van der Waals surface area contributed by atoms with Gasteiger partial charge in [-0.2, -0.15) is 0 Å². The van der Waals surface area contributed by atoms with Gasteiger partial charge in [0.05, 0.1) is 12.7 Å². The van der Waals surface area contributed by atoms with Crippen LogP contribution in [0.4, 0.5) is 4.39 Å². The van der Waals surface area contributed by atoms with Crippen molar-refractivity contribution in [3.05, 3.63) is 35.1 Å². The van der Waals surface area contributed by atoms with E-state index in [2.05, 4.69) is 4.74 Å². The van der Waals surface area contributed by atoms with E-state index in [1.165, 1.54) is 25.3 Å². The molecule has 0 aliphatic carbocycles. The number of halogens is 1. The van der Waals surface area contributed by atoms with Crippen LogP contribution < -0.4 is 0 Å². The summed E-state index contributed by atoms with van der Waals surface area (Å²) in [5.74, 6) is -1.23. The maximum Gasteiger partial charge on any atom is 0.338 e. The van der Waals surface area contributed by atoms with Crippen molar-refractivity contribution in [2.24, 2.45) is 0 Å². The number of esters is 1. The number of hydrogen-bond donors (Lipinski definition) is 0. The number of carbonyl (C=O) groups is 2. The van der Waals surface area contributed by atoms with Crippen LogP contribution in [0.5, 0.6) is 0 Å². The summed E-state index contributed by atoms with van der Waals surface area (Å²) in [5, 5.41) is 0. The highest BCUT2D eigenvalue weighted by Gasteiger charge is 2.29. The van der Waals surface area contributed by atoms with Gasteiger partial charge in [0.2, 0.25) is 0 Å². The van der Waals surface area contributed by atoms with Gasteiger partial charge in [-0.25, -0.2) is 9.18 Å². The van der Waals surface area contributed by atoms with Crippen molar-refractivity contribution in [2.75, 3.05) is 7.11 Å². The monoisotopic (exact) mass is 224 g/mol. The summed E-state index contributed by atoms with van der Waals surface area (Å²) in [6.45, 7) is 3.09. The molecule has 1 aromatic rings. The van der Waals surface area contributed by atoms with Crippen LogP contribution in [0.15, 0.2) is 18.2 Å². The standard InChI is InChI=1S/C12H13FO3/c1-12(2,7-14)10-8(11(15)16-3)5-4-6-9(10)13/h4-7H,1-3H3. The molecule has 0 spiro atoms. The lowest BCUT2D eigenvalue weighted by atomic mass is 9.82. The van der Waals surface area contributed by atoms with E-state index >= 15 is 0 Å². The van der Waals surface area contributed by atoms with Gasteiger partial charge in [0.15, 0.2) is 0 Å². The number of rotatable bonds is 3. The van der Waals surface area contributed by atoms with Crippen molar-refractivity contribution in [2.45, 2.75) is 19.3 Å². The molecule has 1 rings (SSSR count). The zero-order valence-corrected chi connectivity index (χ0v) is 9.41. The molecule has 0 amide bonds. The molecule has 0 saturated heterocycles. The number of hydrogen-bond acceptors (Lipinski definition) is 3. The van der Waals surface area contributed by atoms with Gasteiger partial charge in [0, 0.05) is 11.0 Å². The topological polar surface area (TPSA) is 43.4 Å². The van der Waals surface area contributed by atoms with Gasteiger partial charge in [0.1, 0.15) is 12.1 Å². The van der Waals surface area contributed by atoms with E-state index in [9.17, 15) is 14.0 Å². The molecule has 4 heteroatoms. The van der Waals surface area contributed by atoms with Gasteiger partial charge >= 0.3 is 5.97 Å². The molecule has 0 aromatic heterocycles. The van der Waals surface area contributed by atoms with Gasteiger partial charge in [-0.05, 0) is 26.0 Å². The Bertz CT molecular complexity index is 424. The minimum atomic E-state index is -1.06. The van der Waals surface area contributed by atoms with E-state index in [1.54, 1.807) is 13.8 Å². The lowest BCUT2D eigenvalue weighted by Crippen LogP contribution is -2.24. The normalized spacial score (nSPS) is 11.0. The van der Waals surface area contributed by atoms with Gasteiger partial charge in [-0.1, -0.05) is 6.07 Å². The van der Waals surface area contributed by atoms with Crippen LogP contribution in [0.25, 0.3) is 0 Å². The average molecular weight is 224 g/mol. The summed E-state index contributed by atoms with van der Waals surface area (Å²) in [6, 6.07) is 4.06. The molecule has 16 heavy (non-hydrogen) atoms. The highest BCUT2D eigenvalue weighted by atomic mass is 19.1. The van der Waals surface area contributed by atoms with Gasteiger partial charge in [-0.15, -0.1) is 0 Å². The highest BCUT2D eigenvalue weighted by Crippen LogP contribution is 2.27. The molecular weight excluding hydrogens is 211 g/mol. The molecule has 0 fully saturated rings. The van der Waals surface area contributed by atoms with E-state index in [0.717, 1.165) is 0 Å². The molecule has 0 saturated carbocycles. The first-order chi connectivity index (χ1) is 7.44. The smallest absolute Gasteiger partial charge is 0.338 e. The molecule has 0 bridgehead atoms. The van der Waals surface area contributed by atoms with Crippen LogP contribution in [-0.2, 0) is 14.9 Å². The van der Waals surface area contributed by atoms with E-state index in [-0.39, 0.29) is 11.1 Å². The first kappa shape index (κ1) is 12.4. The highest BCUT2D eigenvalue weighted by molar-refractivity contribution is 5.93. The van der Waals surface area contributed by atoms with Gasteiger partial charge in [0.25, 0.3) is 0 Å². The Morgan fingerprint density at radius 3 is 2.56 bits per heavy atom. The summed E-state index contributed by atoms with van der Waals surface area (Å²) in [6.07, 6.45) is 0.609. The van der Waals surface area contributed by atoms with Gasteiger partial charge in [-0.3, -0.25) is 0 Å². The number of methoxy groups -OCH3 is 1. The summed E-state index contributed by atoms with van der Waals surface area (Å²) in [4.78, 5) is 22.4. The fraction of sp³-hybridized carbons (Fsp3) is 0.333. The number of benzene rings is 1. The molecule has 0 unspecified atom stereocenters. The van der Waals surface area contributed by atoms with Crippen molar-refractivity contribution in [3.8, 4) is 0 Å². The Kier molecular flexibility index (Phi) is 3.42. The Morgan fingerprint density at radius 2 is 2.06 bits per heavy atom. The third-order valence-electron chi connectivity index (χ3n) is 2.36. The lowest BCUT2D eigenvalue weighted by Gasteiger charge is -2.20. The van der Waals surface area contributed by atoms with E-state index in [1.807, 2.05) is 0 Å². The maximum atomic E-state index is 13.7. The van der Waals surface area contributed by atoms with Crippen LogP contribution >= 0.6 is 0 Å². The quantitative estimate of drug-likeness (QED) is 0.583. The second kappa shape index (κ2) is 4.43. The number of carbonyl (C=O) groups excluding carboxylic acids is 2. The predicted octanol–water partition coefficient (Wildman–Crippen LogP) is 2.09. The minimum Gasteiger partial charge on any atom is -0.465 e. The zero-order chi connectivity index (χ0) is 12.3. The first-order valence-corrected chi connectivity index (χ1v) is 4.77. The number of ether oxygens (including phenoxy) is 1. The third kappa shape index (κ3) is 2.10. The lowest BCUT2D eigenvalue weighted by molar-refractivity contribution is -0.111. The Balaban J connectivity index is 3.46. The summed E-state index contributed by atoms with van der Waals surface area (Å²) < 4.78 is 18.2. The number of aldehydes is 1. The van der Waals surface area contributed by atoms with Gasteiger partial charge < -0.3 is 9.53 Å². The molecule has 0 radical (unpaired) electrons. The molecule has 0 atom stereocenters. The largest absolute Gasteiger partial charge is 0.465 e. The molecule has 0 aliphatic heterocycles. The second-order valence-electron chi connectivity index (χ2n) is 3.99. The summed E-state index contributed by atoms with van der Waals surface area (Å²) >= 11 is 0. The average Bonchev–Trinajstić information content (AvgIpc) is 2.27. The summed E-state index contributed by atoms with van der Waals surface area (Å²) in [5.41, 5.74) is -0.911. The predicted molar refractivity (Wildman–Crippen MR) is 56.8 cm³/mol. The van der Waals surface area contributed by atoms with Crippen molar-refractivity contribution in [3.63, 3.8) is 0 Å². The Hall–Kier alpha value is -1.71. The van der Waals surface area contributed by atoms with Crippen LogP contribution in [-0.4, -0.2) is 19.4 Å². The second-order valence-corrected chi connectivity index (χ2v) is 3.99. The van der Waals surface area contributed by atoms with E-state index in [4.69, 9.17) is 0 Å². The van der Waals surface area contributed by atoms with Crippen LogP contribution in [0.3, 0.4) is 0 Å². The molecular formula is C12H13FO3. The van der Waals surface area contributed by atoms with Crippen LogP contribution in [0.2, 0.25) is 0 Å². The zero-order valence-electron chi connectivity index (χ0n) is 9.41. The van der Waals surface area contributed by atoms with Crippen molar-refractivity contribution < 1.29 is 18.7 Å². The van der Waals surface area contributed by atoms with E-state index < -0.39 is 17.2 Å². The van der Waals surface area contributed by atoms with Crippen LogP contribution in [0, 0.1) is 5.82 Å².